The minimum absolute atomic E-state index is 0.252. The molecule has 24 heavy (non-hydrogen) atoms. The molecule has 5 heteroatoms. The van der Waals surface area contributed by atoms with E-state index in [2.05, 4.69) is 15.3 Å². The number of rotatable bonds is 5. The molecular formula is C19H17N3O2. The van der Waals surface area contributed by atoms with E-state index in [4.69, 9.17) is 5.11 Å². The van der Waals surface area contributed by atoms with Crippen LogP contribution in [0.4, 0.5) is 11.5 Å². The van der Waals surface area contributed by atoms with Crippen LogP contribution < -0.4 is 5.32 Å². The fraction of sp³-hybridized carbons (Fsp3) is 0.105. The Labute approximate surface area is 140 Å². The molecule has 0 aliphatic rings. The maximum absolute atomic E-state index is 10.9. The molecule has 0 radical (unpaired) electrons. The fourth-order valence-electron chi connectivity index (χ4n) is 2.32. The number of hydrogen-bond acceptors (Lipinski definition) is 4. The number of carboxylic acid groups (broad SMARTS) is 1. The van der Waals surface area contributed by atoms with Crippen LogP contribution in [0.25, 0.3) is 11.3 Å². The number of anilines is 2. The van der Waals surface area contributed by atoms with Crippen LogP contribution in [-0.4, -0.2) is 21.0 Å². The van der Waals surface area contributed by atoms with Crippen LogP contribution in [-0.2, 0) is 6.42 Å². The van der Waals surface area contributed by atoms with Crippen molar-refractivity contribution < 1.29 is 9.90 Å². The summed E-state index contributed by atoms with van der Waals surface area (Å²) in [5, 5.41) is 12.2. The Morgan fingerprint density at radius 3 is 2.38 bits per heavy atom. The molecule has 0 bridgehead atoms. The third-order valence-corrected chi connectivity index (χ3v) is 3.56. The molecular weight excluding hydrogens is 302 g/mol. The molecule has 3 rings (SSSR count). The second-order valence-electron chi connectivity index (χ2n) is 5.28. The minimum atomic E-state index is -0.941. The quantitative estimate of drug-likeness (QED) is 0.739. The number of aromatic nitrogens is 2. The first-order valence-electron chi connectivity index (χ1n) is 7.69. The molecule has 0 aliphatic heterocycles. The molecule has 1 heterocycles. The molecule has 0 amide bonds. The molecule has 0 aliphatic carbocycles. The highest BCUT2D eigenvalue weighted by molar-refractivity contribution is 5.88. The van der Waals surface area contributed by atoms with Crippen LogP contribution in [0.3, 0.4) is 0 Å². The molecule has 0 fully saturated rings. The number of hydrogen-bond donors (Lipinski definition) is 2. The summed E-state index contributed by atoms with van der Waals surface area (Å²) in [7, 11) is 0. The van der Waals surface area contributed by atoms with E-state index in [-0.39, 0.29) is 5.56 Å². The van der Waals surface area contributed by atoms with Gasteiger partial charge < -0.3 is 10.4 Å². The van der Waals surface area contributed by atoms with Gasteiger partial charge >= 0.3 is 5.97 Å². The monoisotopic (exact) mass is 319 g/mol. The number of benzene rings is 2. The number of nitrogens with zero attached hydrogens (tertiary/aromatic N) is 2. The van der Waals surface area contributed by atoms with E-state index >= 15 is 0 Å². The second-order valence-corrected chi connectivity index (χ2v) is 5.28. The Kier molecular flexibility index (Phi) is 4.52. The second kappa shape index (κ2) is 6.91. The van der Waals surface area contributed by atoms with Gasteiger partial charge in [0.1, 0.15) is 11.6 Å². The number of aryl methyl sites for hydroxylation is 1. The molecule has 2 aromatic carbocycles. The average Bonchev–Trinajstić information content (AvgIpc) is 2.62. The molecule has 0 unspecified atom stereocenters. The Morgan fingerprint density at radius 1 is 1.04 bits per heavy atom. The van der Waals surface area contributed by atoms with Crippen LogP contribution in [0.2, 0.25) is 0 Å². The van der Waals surface area contributed by atoms with Gasteiger partial charge in [0.15, 0.2) is 0 Å². The fourth-order valence-corrected chi connectivity index (χ4v) is 2.32. The molecule has 3 aromatic rings. The summed E-state index contributed by atoms with van der Waals surface area (Å²) in [6, 6.07) is 18.4. The van der Waals surface area contributed by atoms with Crippen molar-refractivity contribution in [1.82, 2.24) is 9.97 Å². The smallest absolute Gasteiger partial charge is 0.335 e. The van der Waals surface area contributed by atoms with E-state index in [1.807, 2.05) is 43.3 Å². The average molecular weight is 319 g/mol. The standard InChI is InChI=1S/C19H17N3O2/c1-2-17-21-16(13-6-4-3-5-7-13)12-18(22-17)20-15-10-8-14(9-11-15)19(23)24/h3-12H,2H2,1H3,(H,23,24)(H,20,21,22). The third kappa shape index (κ3) is 3.57. The SMILES string of the molecule is CCc1nc(Nc2ccc(C(=O)O)cc2)cc(-c2ccccc2)n1. The maximum atomic E-state index is 10.9. The van der Waals surface area contributed by atoms with Gasteiger partial charge in [0.25, 0.3) is 0 Å². The minimum Gasteiger partial charge on any atom is -0.478 e. The van der Waals surface area contributed by atoms with E-state index in [0.29, 0.717) is 5.82 Å². The van der Waals surface area contributed by atoms with Gasteiger partial charge in [0.05, 0.1) is 11.3 Å². The van der Waals surface area contributed by atoms with E-state index < -0.39 is 5.97 Å². The highest BCUT2D eigenvalue weighted by Gasteiger charge is 2.07. The van der Waals surface area contributed by atoms with Crippen molar-refractivity contribution in [1.29, 1.82) is 0 Å². The Balaban J connectivity index is 1.91. The van der Waals surface area contributed by atoms with Crippen LogP contribution in [0.5, 0.6) is 0 Å². The normalized spacial score (nSPS) is 10.4. The first kappa shape index (κ1) is 15.7. The summed E-state index contributed by atoms with van der Waals surface area (Å²) in [5.41, 5.74) is 2.91. The van der Waals surface area contributed by atoms with Gasteiger partial charge in [-0.3, -0.25) is 0 Å². The molecule has 120 valence electrons. The predicted octanol–water partition coefficient (Wildman–Crippen LogP) is 4.15. The lowest BCUT2D eigenvalue weighted by molar-refractivity contribution is 0.0697. The topological polar surface area (TPSA) is 75.1 Å². The van der Waals surface area contributed by atoms with E-state index in [0.717, 1.165) is 29.2 Å². The zero-order chi connectivity index (χ0) is 16.9. The first-order chi connectivity index (χ1) is 11.7. The van der Waals surface area contributed by atoms with Crippen molar-refractivity contribution in [2.24, 2.45) is 0 Å². The summed E-state index contributed by atoms with van der Waals surface area (Å²) in [6.45, 7) is 2.01. The zero-order valence-electron chi connectivity index (χ0n) is 13.2. The summed E-state index contributed by atoms with van der Waals surface area (Å²) in [6.07, 6.45) is 0.729. The van der Waals surface area contributed by atoms with Crippen LogP contribution in [0.15, 0.2) is 60.7 Å². The van der Waals surface area contributed by atoms with Gasteiger partial charge in [-0.2, -0.15) is 0 Å². The van der Waals surface area contributed by atoms with Crippen molar-refractivity contribution in [3.63, 3.8) is 0 Å². The van der Waals surface area contributed by atoms with Gasteiger partial charge in [-0.05, 0) is 24.3 Å². The summed E-state index contributed by atoms with van der Waals surface area (Å²) in [4.78, 5) is 20.0. The molecule has 0 atom stereocenters. The lowest BCUT2D eigenvalue weighted by atomic mass is 10.1. The van der Waals surface area contributed by atoms with Crippen molar-refractivity contribution in [3.05, 3.63) is 72.1 Å². The molecule has 5 nitrogen and oxygen atoms in total. The van der Waals surface area contributed by atoms with Crippen LogP contribution in [0.1, 0.15) is 23.1 Å². The Bertz CT molecular complexity index is 846. The lowest BCUT2D eigenvalue weighted by Crippen LogP contribution is -2.02. The third-order valence-electron chi connectivity index (χ3n) is 3.56. The van der Waals surface area contributed by atoms with E-state index in [1.165, 1.54) is 0 Å². The number of aromatic carboxylic acids is 1. The number of nitrogens with one attached hydrogen (secondary N) is 1. The van der Waals surface area contributed by atoms with Gasteiger partial charge in [-0.25, -0.2) is 14.8 Å². The van der Waals surface area contributed by atoms with E-state index in [1.54, 1.807) is 24.3 Å². The first-order valence-corrected chi connectivity index (χ1v) is 7.69. The molecule has 0 spiro atoms. The molecule has 1 aromatic heterocycles. The lowest BCUT2D eigenvalue weighted by Gasteiger charge is -2.10. The van der Waals surface area contributed by atoms with Crippen LogP contribution in [0, 0.1) is 0 Å². The van der Waals surface area contributed by atoms with E-state index in [9.17, 15) is 4.79 Å². The zero-order valence-corrected chi connectivity index (χ0v) is 13.2. The molecule has 0 saturated carbocycles. The maximum Gasteiger partial charge on any atom is 0.335 e. The van der Waals surface area contributed by atoms with Crippen molar-refractivity contribution in [2.45, 2.75) is 13.3 Å². The Morgan fingerprint density at radius 2 is 1.75 bits per heavy atom. The van der Waals surface area contributed by atoms with Gasteiger partial charge in [0, 0.05) is 23.7 Å². The van der Waals surface area contributed by atoms with Gasteiger partial charge in [-0.1, -0.05) is 37.3 Å². The van der Waals surface area contributed by atoms with Crippen LogP contribution >= 0.6 is 0 Å². The van der Waals surface area contributed by atoms with Crippen molar-refractivity contribution in [3.8, 4) is 11.3 Å². The van der Waals surface area contributed by atoms with Gasteiger partial charge in [0.2, 0.25) is 0 Å². The number of carboxylic acids is 1. The highest BCUT2D eigenvalue weighted by Crippen LogP contribution is 2.22. The molecule has 2 N–H and O–H groups in total. The van der Waals surface area contributed by atoms with Gasteiger partial charge in [-0.15, -0.1) is 0 Å². The number of carbonyl (C=O) groups is 1. The summed E-state index contributed by atoms with van der Waals surface area (Å²) < 4.78 is 0. The molecule has 0 saturated heterocycles. The van der Waals surface area contributed by atoms with Crippen molar-refractivity contribution >= 4 is 17.5 Å². The Hall–Kier alpha value is -3.21. The summed E-state index contributed by atoms with van der Waals surface area (Å²) >= 11 is 0. The summed E-state index contributed by atoms with van der Waals surface area (Å²) in [5.74, 6) is 0.494. The predicted molar refractivity (Wildman–Crippen MR) is 93.5 cm³/mol. The highest BCUT2D eigenvalue weighted by atomic mass is 16.4. The largest absolute Gasteiger partial charge is 0.478 e. The van der Waals surface area contributed by atoms with Crippen molar-refractivity contribution in [2.75, 3.05) is 5.32 Å².